The van der Waals surface area contributed by atoms with Crippen molar-refractivity contribution in [2.24, 2.45) is 0 Å². The molecule has 0 saturated carbocycles. The number of fused-ring (bicyclic) bond motifs is 2. The van der Waals surface area contributed by atoms with E-state index in [4.69, 9.17) is 0 Å². The molecule has 0 bridgehead atoms. The molecule has 2 aromatic carbocycles. The van der Waals surface area contributed by atoms with Crippen LogP contribution in [-0.2, 0) is 40.5 Å². The molecule has 1 aromatic heterocycles. The van der Waals surface area contributed by atoms with E-state index in [1.165, 1.54) is 21.5 Å². The number of carbonyl (C=O) groups is 1. The Balaban J connectivity index is 1.39. The summed E-state index contributed by atoms with van der Waals surface area (Å²) >= 11 is 0. The maximum Gasteiger partial charge on any atom is 0.416 e. The molecule has 40 heavy (non-hydrogen) atoms. The molecule has 0 radical (unpaired) electrons. The van der Waals surface area contributed by atoms with E-state index in [0.29, 0.717) is 18.3 Å². The second-order valence-electron chi connectivity index (χ2n) is 10.8. The molecule has 0 saturated heterocycles. The lowest BCUT2D eigenvalue weighted by Crippen LogP contribution is -2.44. The molecule has 0 fully saturated rings. The molecule has 1 aliphatic heterocycles. The Bertz CT molecular complexity index is 1500. The number of halogens is 3. The Hall–Kier alpha value is -3.15. The number of carbonyl (C=O) groups excluding carboxylic acids is 1. The zero-order chi connectivity index (χ0) is 28.7. The molecule has 2 unspecified atom stereocenters. The van der Waals surface area contributed by atoms with Gasteiger partial charge in [-0.25, -0.2) is 8.42 Å². The van der Waals surface area contributed by atoms with Gasteiger partial charge in [-0.2, -0.15) is 17.5 Å². The summed E-state index contributed by atoms with van der Waals surface area (Å²) < 4.78 is 70.4. The molecule has 7 nitrogen and oxygen atoms in total. The van der Waals surface area contributed by atoms with Crippen LogP contribution in [0.2, 0.25) is 0 Å². The van der Waals surface area contributed by atoms with Gasteiger partial charge in [0.15, 0.2) is 0 Å². The number of aryl methyl sites for hydroxylation is 1. The number of rotatable bonds is 7. The van der Waals surface area contributed by atoms with Crippen LogP contribution in [0.1, 0.15) is 59.3 Å². The number of nitrogens with zero attached hydrogens (tertiary/aromatic N) is 3. The van der Waals surface area contributed by atoms with E-state index in [2.05, 4.69) is 28.4 Å². The summed E-state index contributed by atoms with van der Waals surface area (Å²) in [6.07, 6.45) is -0.373. The average molecular weight is 575 g/mol. The van der Waals surface area contributed by atoms with Gasteiger partial charge in [-0.05, 0) is 80.4 Å². The second kappa shape index (κ2) is 11.0. The SMILES string of the molecule is CN(C)Cc1ccc2c(c1)CCCC2NC(=O)CC1c2cccn2CCN1S(=O)(=O)c1cccc(C(F)(F)F)c1. The number of hydrogen-bond acceptors (Lipinski definition) is 4. The predicted molar refractivity (Wildman–Crippen MR) is 145 cm³/mol. The monoisotopic (exact) mass is 574 g/mol. The fourth-order valence-electron chi connectivity index (χ4n) is 5.82. The number of sulfonamides is 1. The first kappa shape index (κ1) is 28.4. The first-order valence-corrected chi connectivity index (χ1v) is 14.8. The molecule has 11 heteroatoms. The molecular formula is C29H33F3N4O3S. The van der Waals surface area contributed by atoms with Gasteiger partial charge in [-0.3, -0.25) is 4.79 Å². The zero-order valence-electron chi connectivity index (χ0n) is 22.5. The number of aromatic nitrogens is 1. The number of hydrogen-bond donors (Lipinski definition) is 1. The fraction of sp³-hybridized carbons (Fsp3) is 0.414. The van der Waals surface area contributed by atoms with Crippen LogP contribution in [0, 0.1) is 0 Å². The number of alkyl halides is 3. The van der Waals surface area contributed by atoms with Crippen molar-refractivity contribution in [2.45, 2.75) is 61.9 Å². The lowest BCUT2D eigenvalue weighted by molar-refractivity contribution is -0.137. The van der Waals surface area contributed by atoms with E-state index in [9.17, 15) is 26.4 Å². The van der Waals surface area contributed by atoms with E-state index in [-0.39, 0.29) is 24.9 Å². The van der Waals surface area contributed by atoms with Crippen LogP contribution in [0.15, 0.2) is 65.7 Å². The van der Waals surface area contributed by atoms with Gasteiger partial charge in [0.25, 0.3) is 0 Å². The summed E-state index contributed by atoms with van der Waals surface area (Å²) in [7, 11) is -0.292. The molecule has 2 atom stereocenters. The molecular weight excluding hydrogens is 541 g/mol. The molecule has 3 aromatic rings. The Labute approximate surface area is 232 Å². The Morgan fingerprint density at radius 3 is 2.62 bits per heavy atom. The van der Waals surface area contributed by atoms with Crippen LogP contribution >= 0.6 is 0 Å². The second-order valence-corrected chi connectivity index (χ2v) is 12.7. The third-order valence-corrected chi connectivity index (χ3v) is 9.52. The lowest BCUT2D eigenvalue weighted by atomic mass is 9.86. The Morgan fingerprint density at radius 1 is 1.07 bits per heavy atom. The van der Waals surface area contributed by atoms with Crippen LogP contribution < -0.4 is 5.32 Å². The van der Waals surface area contributed by atoms with Gasteiger partial charge in [0, 0.05) is 37.9 Å². The molecule has 2 heterocycles. The van der Waals surface area contributed by atoms with Gasteiger partial charge in [-0.1, -0.05) is 24.3 Å². The zero-order valence-corrected chi connectivity index (χ0v) is 23.3. The first-order chi connectivity index (χ1) is 18.9. The van der Waals surface area contributed by atoms with Crippen molar-refractivity contribution in [2.75, 3.05) is 20.6 Å². The third-order valence-electron chi connectivity index (χ3n) is 7.62. The summed E-state index contributed by atoms with van der Waals surface area (Å²) in [5.41, 5.74) is 3.08. The largest absolute Gasteiger partial charge is 0.416 e. The highest BCUT2D eigenvalue weighted by Gasteiger charge is 2.39. The van der Waals surface area contributed by atoms with Gasteiger partial charge in [0.05, 0.1) is 22.5 Å². The van der Waals surface area contributed by atoms with Crippen molar-refractivity contribution in [1.29, 1.82) is 0 Å². The first-order valence-electron chi connectivity index (χ1n) is 13.3. The van der Waals surface area contributed by atoms with Crippen LogP contribution in [-0.4, -0.2) is 48.7 Å². The highest BCUT2D eigenvalue weighted by molar-refractivity contribution is 7.89. The van der Waals surface area contributed by atoms with Crippen molar-refractivity contribution >= 4 is 15.9 Å². The van der Waals surface area contributed by atoms with Crippen molar-refractivity contribution in [1.82, 2.24) is 19.1 Å². The fourth-order valence-corrected chi connectivity index (χ4v) is 7.45. The number of benzene rings is 2. The minimum Gasteiger partial charge on any atom is -0.349 e. The minimum atomic E-state index is -4.68. The van der Waals surface area contributed by atoms with Crippen LogP contribution in [0.5, 0.6) is 0 Å². The van der Waals surface area contributed by atoms with Crippen LogP contribution in [0.4, 0.5) is 13.2 Å². The van der Waals surface area contributed by atoms with Crippen molar-refractivity contribution in [3.05, 3.63) is 88.7 Å². The normalized spacial score (nSPS) is 19.8. The molecule has 1 N–H and O–H groups in total. The minimum absolute atomic E-state index is 0.0408. The summed E-state index contributed by atoms with van der Waals surface area (Å²) in [6, 6.07) is 12.6. The molecule has 1 amide bonds. The quantitative estimate of drug-likeness (QED) is 0.436. The lowest BCUT2D eigenvalue weighted by Gasteiger charge is -2.36. The van der Waals surface area contributed by atoms with Gasteiger partial charge in [0.2, 0.25) is 15.9 Å². The number of amides is 1. The van der Waals surface area contributed by atoms with Gasteiger partial charge in [-0.15, -0.1) is 0 Å². The molecule has 2 aliphatic rings. The van der Waals surface area contributed by atoms with E-state index in [0.717, 1.165) is 43.5 Å². The highest BCUT2D eigenvalue weighted by Crippen LogP contribution is 2.37. The van der Waals surface area contributed by atoms with Crippen molar-refractivity contribution < 1.29 is 26.4 Å². The van der Waals surface area contributed by atoms with Gasteiger partial charge < -0.3 is 14.8 Å². The molecule has 1 aliphatic carbocycles. The highest BCUT2D eigenvalue weighted by atomic mass is 32.2. The maximum absolute atomic E-state index is 13.7. The van der Waals surface area contributed by atoms with E-state index < -0.39 is 32.7 Å². The summed E-state index contributed by atoms with van der Waals surface area (Å²) in [6.45, 7) is 1.20. The van der Waals surface area contributed by atoms with E-state index >= 15 is 0 Å². The maximum atomic E-state index is 13.7. The number of nitrogens with one attached hydrogen (secondary N) is 1. The van der Waals surface area contributed by atoms with E-state index in [1.807, 2.05) is 24.9 Å². The summed E-state index contributed by atoms with van der Waals surface area (Å²) in [5.74, 6) is -0.306. The summed E-state index contributed by atoms with van der Waals surface area (Å²) in [5, 5.41) is 3.12. The molecule has 0 spiro atoms. The summed E-state index contributed by atoms with van der Waals surface area (Å²) in [4.78, 5) is 15.1. The average Bonchev–Trinajstić information content (AvgIpc) is 3.37. The Kier molecular flexibility index (Phi) is 7.82. The van der Waals surface area contributed by atoms with Crippen LogP contribution in [0.25, 0.3) is 0 Å². The smallest absolute Gasteiger partial charge is 0.349 e. The molecule has 5 rings (SSSR count). The Morgan fingerprint density at radius 2 is 1.88 bits per heavy atom. The predicted octanol–water partition coefficient (Wildman–Crippen LogP) is 4.90. The molecule has 214 valence electrons. The van der Waals surface area contributed by atoms with Gasteiger partial charge >= 0.3 is 6.18 Å². The van der Waals surface area contributed by atoms with E-state index in [1.54, 1.807) is 12.1 Å². The van der Waals surface area contributed by atoms with Crippen molar-refractivity contribution in [3.8, 4) is 0 Å². The topological polar surface area (TPSA) is 74.7 Å². The third kappa shape index (κ3) is 5.82. The van der Waals surface area contributed by atoms with Gasteiger partial charge in [0.1, 0.15) is 0 Å². The standard InChI is InChI=1S/C29H33F3N4O3S/c1-34(2)19-20-11-12-24-21(16-20)6-3-9-25(24)33-28(37)18-27-26-10-5-13-35(26)14-15-36(27)40(38,39)23-8-4-7-22(17-23)29(30,31)32/h4-5,7-8,10-13,16-17,25,27H,3,6,9,14-15,18-19H2,1-2H3,(H,33,37). The van der Waals surface area contributed by atoms with Crippen LogP contribution in [0.3, 0.4) is 0 Å². The van der Waals surface area contributed by atoms with Crippen molar-refractivity contribution in [3.63, 3.8) is 0 Å².